The highest BCUT2D eigenvalue weighted by molar-refractivity contribution is 9.11. The summed E-state index contributed by atoms with van der Waals surface area (Å²) in [5, 5.41) is 0.681. The normalized spacial score (nSPS) is 16.6. The summed E-state index contributed by atoms with van der Waals surface area (Å²) in [4.78, 5) is 41.2. The van der Waals surface area contributed by atoms with Crippen LogP contribution < -0.4 is 15.4 Å². The third-order valence-electron chi connectivity index (χ3n) is 6.09. The molecule has 0 radical (unpaired) electrons. The predicted molar refractivity (Wildman–Crippen MR) is 134 cm³/mol. The lowest BCUT2D eigenvalue weighted by molar-refractivity contribution is 0.0742. The van der Waals surface area contributed by atoms with E-state index in [2.05, 4.69) is 46.6 Å². The molecule has 2 aliphatic heterocycles. The van der Waals surface area contributed by atoms with E-state index in [1.54, 1.807) is 17.0 Å². The van der Waals surface area contributed by atoms with Crippen LogP contribution in [0.4, 0.5) is 11.8 Å². The molecule has 8 nitrogen and oxygen atoms in total. The summed E-state index contributed by atoms with van der Waals surface area (Å²) in [7, 11) is 0. The van der Waals surface area contributed by atoms with Crippen LogP contribution in [-0.2, 0) is 0 Å². The highest BCUT2D eigenvalue weighted by Crippen LogP contribution is 2.28. The topological polar surface area (TPSA) is 82.8 Å². The van der Waals surface area contributed by atoms with E-state index in [1.165, 1.54) is 12.8 Å². The Morgan fingerprint density at radius 3 is 2.39 bits per heavy atom. The number of benzene rings is 1. The highest BCUT2D eigenvalue weighted by atomic mass is 79.9. The first-order valence-corrected chi connectivity index (χ1v) is 12.6. The van der Waals surface area contributed by atoms with Crippen molar-refractivity contribution >= 4 is 60.5 Å². The summed E-state index contributed by atoms with van der Waals surface area (Å²) in [6.07, 6.45) is 2.38. The van der Waals surface area contributed by atoms with Crippen molar-refractivity contribution in [3.63, 3.8) is 0 Å². The molecule has 0 N–H and O–H groups in total. The smallest absolute Gasteiger partial charge is 0.349 e. The second-order valence-electron chi connectivity index (χ2n) is 8.39. The molecule has 0 unspecified atom stereocenters. The lowest BCUT2D eigenvalue weighted by atomic mass is 10.1. The minimum Gasteiger partial charge on any atom is -0.421 e. The lowest BCUT2D eigenvalue weighted by Gasteiger charge is -2.35. The highest BCUT2D eigenvalue weighted by Gasteiger charge is 2.27. The van der Waals surface area contributed by atoms with Crippen LogP contribution in [0.25, 0.3) is 11.0 Å². The number of carbonyl (C=O) groups excluding carboxylic acids is 1. The van der Waals surface area contributed by atoms with E-state index >= 15 is 0 Å². The van der Waals surface area contributed by atoms with Crippen LogP contribution in [-0.4, -0.2) is 60.0 Å². The number of anilines is 2. The number of carbonyl (C=O) groups is 1. The molecule has 1 amide bonds. The first-order valence-electron chi connectivity index (χ1n) is 11.0. The molecule has 2 aliphatic rings. The molecule has 2 saturated heterocycles. The van der Waals surface area contributed by atoms with Crippen molar-refractivity contribution in [3.8, 4) is 0 Å². The molecule has 2 fully saturated rings. The number of piperazine rings is 1. The Morgan fingerprint density at radius 2 is 1.67 bits per heavy atom. The molecule has 33 heavy (non-hydrogen) atoms. The number of nitrogens with zero attached hydrogens (tertiary/aromatic N) is 5. The van der Waals surface area contributed by atoms with E-state index in [0.717, 1.165) is 29.1 Å². The van der Waals surface area contributed by atoms with E-state index in [-0.39, 0.29) is 11.5 Å². The third kappa shape index (κ3) is 4.50. The van der Waals surface area contributed by atoms with Crippen LogP contribution in [0.5, 0.6) is 0 Å². The van der Waals surface area contributed by atoms with Gasteiger partial charge in [-0.05, 0) is 53.9 Å². The van der Waals surface area contributed by atoms with E-state index in [0.29, 0.717) is 47.6 Å². The fourth-order valence-electron chi connectivity index (χ4n) is 4.37. The maximum absolute atomic E-state index is 13.1. The first kappa shape index (κ1) is 22.3. The molecule has 4 heterocycles. The average Bonchev–Trinajstić information content (AvgIpc) is 3.34. The molecule has 0 saturated carbocycles. The fraction of sp³-hybridized carbons (Fsp3) is 0.391. The van der Waals surface area contributed by atoms with Crippen LogP contribution in [0, 0.1) is 6.92 Å². The maximum Gasteiger partial charge on any atom is 0.349 e. The molecule has 3 aromatic rings. The van der Waals surface area contributed by atoms with Gasteiger partial charge in [-0.15, -0.1) is 0 Å². The van der Waals surface area contributed by atoms with Crippen LogP contribution in [0.15, 0.2) is 42.4 Å². The molecule has 0 spiro atoms. The number of fused-ring (bicyclic) bond motifs is 1. The van der Waals surface area contributed by atoms with Crippen molar-refractivity contribution in [3.05, 3.63) is 54.9 Å². The molecule has 2 aromatic heterocycles. The van der Waals surface area contributed by atoms with Crippen molar-refractivity contribution in [2.45, 2.75) is 19.8 Å². The molecule has 5 rings (SSSR count). The Bertz CT molecular complexity index is 1280. The van der Waals surface area contributed by atoms with Gasteiger partial charge >= 0.3 is 5.63 Å². The molecular formula is C23H23Br2N5O3. The van der Waals surface area contributed by atoms with Gasteiger partial charge in [-0.25, -0.2) is 9.78 Å². The summed E-state index contributed by atoms with van der Waals surface area (Å²) in [5.41, 5.74) is 0.778. The monoisotopic (exact) mass is 575 g/mol. The molecular weight excluding hydrogens is 554 g/mol. The Labute approximate surface area is 207 Å². The van der Waals surface area contributed by atoms with Crippen molar-refractivity contribution in [1.29, 1.82) is 0 Å². The summed E-state index contributed by atoms with van der Waals surface area (Å²) in [5.74, 6) is 1.35. The zero-order chi connectivity index (χ0) is 23.1. The Kier molecular flexibility index (Phi) is 6.13. The minimum atomic E-state index is -0.629. The number of hydrogen-bond donors (Lipinski definition) is 0. The number of halogens is 2. The molecule has 0 atom stereocenters. The number of aromatic nitrogens is 2. The number of amides is 1. The Morgan fingerprint density at radius 1 is 0.939 bits per heavy atom. The van der Waals surface area contributed by atoms with Crippen LogP contribution in [0.2, 0.25) is 0 Å². The summed E-state index contributed by atoms with van der Waals surface area (Å²) in [6, 6.07) is 7.26. The summed E-state index contributed by atoms with van der Waals surface area (Å²) < 4.78 is 6.93. The van der Waals surface area contributed by atoms with Gasteiger partial charge in [0, 0.05) is 60.9 Å². The van der Waals surface area contributed by atoms with Gasteiger partial charge in [0.2, 0.25) is 5.95 Å². The second-order valence-corrected chi connectivity index (χ2v) is 10.2. The van der Waals surface area contributed by atoms with Crippen molar-refractivity contribution in [2.75, 3.05) is 49.1 Å². The molecule has 1 aromatic carbocycles. The van der Waals surface area contributed by atoms with Gasteiger partial charge in [0.1, 0.15) is 11.4 Å². The van der Waals surface area contributed by atoms with E-state index < -0.39 is 5.63 Å². The molecule has 10 heteroatoms. The predicted octanol–water partition coefficient (Wildman–Crippen LogP) is 3.98. The number of aryl methyl sites for hydroxylation is 1. The van der Waals surface area contributed by atoms with E-state index in [9.17, 15) is 9.59 Å². The summed E-state index contributed by atoms with van der Waals surface area (Å²) in [6.45, 7) is 6.21. The number of rotatable bonds is 3. The molecule has 0 aliphatic carbocycles. The molecule has 0 bridgehead atoms. The van der Waals surface area contributed by atoms with Gasteiger partial charge in [0.05, 0.1) is 4.47 Å². The van der Waals surface area contributed by atoms with Crippen LogP contribution in [0.3, 0.4) is 0 Å². The van der Waals surface area contributed by atoms with Crippen LogP contribution >= 0.6 is 31.9 Å². The second kappa shape index (κ2) is 9.06. The quantitative estimate of drug-likeness (QED) is 0.436. The lowest BCUT2D eigenvalue weighted by Crippen LogP contribution is -2.50. The Balaban J connectivity index is 1.33. The zero-order valence-electron chi connectivity index (χ0n) is 18.2. The van der Waals surface area contributed by atoms with Gasteiger partial charge in [-0.1, -0.05) is 15.9 Å². The maximum atomic E-state index is 13.1. The van der Waals surface area contributed by atoms with E-state index in [4.69, 9.17) is 9.40 Å². The Hall–Kier alpha value is -2.46. The summed E-state index contributed by atoms with van der Waals surface area (Å²) >= 11 is 6.84. The van der Waals surface area contributed by atoms with Gasteiger partial charge < -0.3 is 19.1 Å². The van der Waals surface area contributed by atoms with Crippen molar-refractivity contribution < 1.29 is 9.21 Å². The fourth-order valence-corrected chi connectivity index (χ4v) is 5.71. The van der Waals surface area contributed by atoms with Crippen molar-refractivity contribution in [2.24, 2.45) is 0 Å². The minimum absolute atomic E-state index is 0.0454. The van der Waals surface area contributed by atoms with Gasteiger partial charge in [0.15, 0.2) is 5.58 Å². The standard InChI is InChI=1S/C23H23Br2N5O3/c1-14-10-19(28-4-2-3-5-28)27-23(26-14)30-8-6-29(7-9-30)21(31)17-12-15-11-16(24)13-18(25)20(15)33-22(17)32/h10-13H,2-9H2,1H3. The largest absolute Gasteiger partial charge is 0.421 e. The average molecular weight is 577 g/mol. The SMILES string of the molecule is Cc1cc(N2CCCC2)nc(N2CCN(C(=O)c3cc4cc(Br)cc(Br)c4oc3=O)CC2)n1. The van der Waals surface area contributed by atoms with Gasteiger partial charge in [-0.3, -0.25) is 4.79 Å². The zero-order valence-corrected chi connectivity index (χ0v) is 21.4. The van der Waals surface area contributed by atoms with Gasteiger partial charge in [0.25, 0.3) is 5.91 Å². The third-order valence-corrected chi connectivity index (χ3v) is 7.14. The van der Waals surface area contributed by atoms with Crippen LogP contribution in [0.1, 0.15) is 28.9 Å². The van der Waals surface area contributed by atoms with E-state index in [1.807, 2.05) is 19.1 Å². The van der Waals surface area contributed by atoms with Gasteiger partial charge in [-0.2, -0.15) is 4.98 Å². The number of hydrogen-bond acceptors (Lipinski definition) is 7. The molecule has 172 valence electrons. The first-order chi connectivity index (χ1) is 15.9. The van der Waals surface area contributed by atoms with Crippen molar-refractivity contribution in [1.82, 2.24) is 14.9 Å².